The van der Waals surface area contributed by atoms with E-state index in [1.807, 2.05) is 0 Å². The Bertz CT molecular complexity index is 747. The molecule has 132 valence electrons. The van der Waals surface area contributed by atoms with Gasteiger partial charge in [-0.3, -0.25) is 4.79 Å². The number of amides is 2. The smallest absolute Gasteiger partial charge is 0.319 e. The van der Waals surface area contributed by atoms with E-state index in [9.17, 15) is 9.59 Å². The van der Waals surface area contributed by atoms with E-state index in [2.05, 4.69) is 10.6 Å². The third-order valence-electron chi connectivity index (χ3n) is 3.32. The fraction of sp³-hybridized carbons (Fsp3) is 0.222. The molecule has 2 amide bonds. The Labute approximate surface area is 151 Å². The van der Waals surface area contributed by atoms with Crippen LogP contribution in [0.15, 0.2) is 42.5 Å². The van der Waals surface area contributed by atoms with Crippen LogP contribution in [0.4, 0.5) is 10.5 Å². The molecule has 2 rings (SSSR count). The molecule has 0 aliphatic heterocycles. The Morgan fingerprint density at radius 3 is 2.48 bits per heavy atom. The van der Waals surface area contributed by atoms with Gasteiger partial charge in [0, 0.05) is 17.3 Å². The first-order valence-electron chi connectivity index (χ1n) is 7.63. The van der Waals surface area contributed by atoms with Gasteiger partial charge in [-0.1, -0.05) is 11.6 Å². The molecule has 0 aromatic heterocycles. The second-order valence-electron chi connectivity index (χ2n) is 5.24. The Morgan fingerprint density at radius 2 is 1.84 bits per heavy atom. The third kappa shape index (κ3) is 6.00. The summed E-state index contributed by atoms with van der Waals surface area (Å²) in [5.41, 5.74) is 1.39. The largest absolute Gasteiger partial charge is 0.497 e. The molecule has 2 aromatic carbocycles. The van der Waals surface area contributed by atoms with Gasteiger partial charge in [-0.25, -0.2) is 4.79 Å². The number of rotatable bonds is 6. The molecule has 2 N–H and O–H groups in total. The molecule has 0 spiro atoms. The summed E-state index contributed by atoms with van der Waals surface area (Å²) < 4.78 is 10.3. The number of carbonyl (C=O) groups is 2. The monoisotopic (exact) mass is 362 g/mol. The average molecular weight is 363 g/mol. The van der Waals surface area contributed by atoms with E-state index in [4.69, 9.17) is 21.1 Å². The van der Waals surface area contributed by atoms with E-state index >= 15 is 0 Å². The normalized spacial score (nSPS) is 10.0. The van der Waals surface area contributed by atoms with Crippen LogP contribution in [0.25, 0.3) is 0 Å². The molecule has 0 aliphatic carbocycles. The molecular formula is C18H19ClN2O4. The maximum atomic E-state index is 11.8. The topological polar surface area (TPSA) is 76.7 Å². The Kier molecular flexibility index (Phi) is 6.65. The van der Waals surface area contributed by atoms with Crippen molar-refractivity contribution in [2.24, 2.45) is 0 Å². The first-order valence-corrected chi connectivity index (χ1v) is 8.01. The van der Waals surface area contributed by atoms with Gasteiger partial charge in [-0.15, -0.1) is 0 Å². The van der Waals surface area contributed by atoms with Gasteiger partial charge in [0.05, 0.1) is 13.5 Å². The lowest BCUT2D eigenvalue weighted by molar-refractivity contribution is -0.134. The molecule has 25 heavy (non-hydrogen) atoms. The minimum Gasteiger partial charge on any atom is -0.497 e. The SMILES string of the molecule is COc1ccc(NC(=O)NCCC(=O)Oc2ccc(Cl)cc2C)cc1. The summed E-state index contributed by atoms with van der Waals surface area (Å²) >= 11 is 5.85. The zero-order valence-corrected chi connectivity index (χ0v) is 14.7. The number of methoxy groups -OCH3 is 1. The van der Waals surface area contributed by atoms with Crippen molar-refractivity contribution in [2.45, 2.75) is 13.3 Å². The van der Waals surface area contributed by atoms with Crippen LogP contribution in [-0.2, 0) is 4.79 Å². The lowest BCUT2D eigenvalue weighted by atomic mass is 10.2. The van der Waals surface area contributed by atoms with Crippen molar-refractivity contribution in [3.05, 3.63) is 53.1 Å². The van der Waals surface area contributed by atoms with E-state index in [0.29, 0.717) is 22.2 Å². The van der Waals surface area contributed by atoms with Gasteiger partial charge in [0.1, 0.15) is 11.5 Å². The molecule has 0 atom stereocenters. The predicted octanol–water partition coefficient (Wildman–Crippen LogP) is 3.77. The van der Waals surface area contributed by atoms with Gasteiger partial charge in [-0.05, 0) is 55.0 Å². The van der Waals surface area contributed by atoms with E-state index in [-0.39, 0.29) is 13.0 Å². The molecular weight excluding hydrogens is 344 g/mol. The second kappa shape index (κ2) is 8.94. The highest BCUT2D eigenvalue weighted by atomic mass is 35.5. The summed E-state index contributed by atoms with van der Waals surface area (Å²) in [4.78, 5) is 23.6. The van der Waals surface area contributed by atoms with Crippen LogP contribution >= 0.6 is 11.6 Å². The predicted molar refractivity (Wildman–Crippen MR) is 96.5 cm³/mol. The number of anilines is 1. The van der Waals surface area contributed by atoms with Crippen LogP contribution in [0, 0.1) is 6.92 Å². The fourth-order valence-corrected chi connectivity index (χ4v) is 2.26. The summed E-state index contributed by atoms with van der Waals surface area (Å²) in [5.74, 6) is 0.721. The maximum Gasteiger partial charge on any atom is 0.319 e. The highest BCUT2D eigenvalue weighted by Crippen LogP contribution is 2.22. The van der Waals surface area contributed by atoms with Crippen molar-refractivity contribution in [3.8, 4) is 11.5 Å². The maximum absolute atomic E-state index is 11.8. The zero-order valence-electron chi connectivity index (χ0n) is 14.0. The standard InChI is InChI=1S/C18H19ClN2O4/c1-12-11-13(19)3-8-16(12)25-17(22)9-10-20-18(23)21-14-4-6-15(24-2)7-5-14/h3-8,11H,9-10H2,1-2H3,(H2,20,21,23). The van der Waals surface area contributed by atoms with Crippen molar-refractivity contribution in [1.29, 1.82) is 0 Å². The second-order valence-corrected chi connectivity index (χ2v) is 5.68. The van der Waals surface area contributed by atoms with Gasteiger partial charge < -0.3 is 20.1 Å². The number of urea groups is 1. The molecule has 7 heteroatoms. The third-order valence-corrected chi connectivity index (χ3v) is 3.56. The van der Waals surface area contributed by atoms with Crippen LogP contribution in [-0.4, -0.2) is 25.7 Å². The summed E-state index contributed by atoms with van der Waals surface area (Å²) in [7, 11) is 1.57. The number of esters is 1. The van der Waals surface area contributed by atoms with E-state index in [1.54, 1.807) is 56.5 Å². The molecule has 2 aromatic rings. The molecule has 0 saturated heterocycles. The van der Waals surface area contributed by atoms with Gasteiger partial charge >= 0.3 is 12.0 Å². The number of ether oxygens (including phenoxy) is 2. The molecule has 0 radical (unpaired) electrons. The molecule has 0 aliphatic rings. The summed E-state index contributed by atoms with van der Waals surface area (Å²) in [6.07, 6.45) is 0.0537. The van der Waals surface area contributed by atoms with Crippen LogP contribution in [0.3, 0.4) is 0 Å². The van der Waals surface area contributed by atoms with Crippen molar-refractivity contribution >= 4 is 29.3 Å². The number of carbonyl (C=O) groups excluding carboxylic acids is 2. The first kappa shape index (κ1) is 18.6. The van der Waals surface area contributed by atoms with Crippen LogP contribution in [0.2, 0.25) is 5.02 Å². The minimum atomic E-state index is -0.435. The number of hydrogen-bond acceptors (Lipinski definition) is 4. The number of hydrogen-bond donors (Lipinski definition) is 2. The molecule has 0 unspecified atom stereocenters. The number of aryl methyl sites for hydroxylation is 1. The Hall–Kier alpha value is -2.73. The van der Waals surface area contributed by atoms with Gasteiger partial charge in [0.15, 0.2) is 0 Å². The molecule has 0 bridgehead atoms. The lowest BCUT2D eigenvalue weighted by Gasteiger charge is -2.09. The quantitative estimate of drug-likeness (QED) is 0.605. The van der Waals surface area contributed by atoms with Crippen molar-refractivity contribution in [2.75, 3.05) is 19.0 Å². The van der Waals surface area contributed by atoms with Crippen LogP contribution in [0.5, 0.6) is 11.5 Å². The van der Waals surface area contributed by atoms with E-state index in [0.717, 1.165) is 5.56 Å². The molecule has 0 heterocycles. The van der Waals surface area contributed by atoms with E-state index < -0.39 is 12.0 Å². The molecule has 0 saturated carbocycles. The van der Waals surface area contributed by atoms with Crippen molar-refractivity contribution in [3.63, 3.8) is 0 Å². The highest BCUT2D eigenvalue weighted by molar-refractivity contribution is 6.30. The lowest BCUT2D eigenvalue weighted by Crippen LogP contribution is -2.31. The van der Waals surface area contributed by atoms with Crippen LogP contribution < -0.4 is 20.1 Å². The fourth-order valence-electron chi connectivity index (χ4n) is 2.03. The summed E-state index contributed by atoms with van der Waals surface area (Å²) in [5, 5.41) is 5.83. The summed E-state index contributed by atoms with van der Waals surface area (Å²) in [6.45, 7) is 1.96. The Morgan fingerprint density at radius 1 is 1.12 bits per heavy atom. The van der Waals surface area contributed by atoms with Gasteiger partial charge in [0.2, 0.25) is 0 Å². The van der Waals surface area contributed by atoms with Gasteiger partial charge in [-0.2, -0.15) is 0 Å². The first-order chi connectivity index (χ1) is 12.0. The molecule has 6 nitrogen and oxygen atoms in total. The van der Waals surface area contributed by atoms with E-state index in [1.165, 1.54) is 0 Å². The number of nitrogens with one attached hydrogen (secondary N) is 2. The van der Waals surface area contributed by atoms with Crippen molar-refractivity contribution in [1.82, 2.24) is 5.32 Å². The van der Waals surface area contributed by atoms with Crippen molar-refractivity contribution < 1.29 is 19.1 Å². The van der Waals surface area contributed by atoms with Crippen LogP contribution in [0.1, 0.15) is 12.0 Å². The van der Waals surface area contributed by atoms with Gasteiger partial charge in [0.25, 0.3) is 0 Å². The minimum absolute atomic E-state index is 0.0537. The highest BCUT2D eigenvalue weighted by Gasteiger charge is 2.09. The zero-order chi connectivity index (χ0) is 18.2. The summed E-state index contributed by atoms with van der Waals surface area (Å²) in [6, 6.07) is 11.5. The molecule has 0 fully saturated rings. The number of benzene rings is 2. The number of halogens is 1. The average Bonchev–Trinajstić information content (AvgIpc) is 2.58. The Balaban J connectivity index is 1.73.